The molecule has 6 nitrogen and oxygen atoms in total. The molecule has 0 bridgehead atoms. The SMILES string of the molecule is Nc1nc(CN2CCC(NC(=O)O)CC2)cs1. The first-order valence-electron chi connectivity index (χ1n) is 5.55. The van der Waals surface area contributed by atoms with Gasteiger partial charge in [0.15, 0.2) is 5.13 Å². The third-order valence-corrected chi connectivity index (χ3v) is 3.59. The van der Waals surface area contributed by atoms with Crippen molar-refractivity contribution in [2.24, 2.45) is 0 Å². The molecule has 1 saturated heterocycles. The number of amides is 1. The van der Waals surface area contributed by atoms with Gasteiger partial charge in [-0.3, -0.25) is 4.90 Å². The monoisotopic (exact) mass is 256 g/mol. The molecule has 1 amide bonds. The van der Waals surface area contributed by atoms with E-state index in [0.717, 1.165) is 38.2 Å². The molecule has 0 radical (unpaired) electrons. The number of nitrogens with zero attached hydrogens (tertiary/aromatic N) is 2. The Kier molecular flexibility index (Phi) is 3.80. The zero-order valence-electron chi connectivity index (χ0n) is 9.43. The third-order valence-electron chi connectivity index (χ3n) is 2.87. The van der Waals surface area contributed by atoms with E-state index in [9.17, 15) is 4.79 Å². The van der Waals surface area contributed by atoms with Crippen LogP contribution in [0.5, 0.6) is 0 Å². The average molecular weight is 256 g/mol. The van der Waals surface area contributed by atoms with Gasteiger partial charge in [-0.25, -0.2) is 9.78 Å². The molecular weight excluding hydrogens is 240 g/mol. The van der Waals surface area contributed by atoms with Gasteiger partial charge in [0, 0.05) is 31.1 Å². The molecular formula is C10H16N4O2S. The van der Waals surface area contributed by atoms with Crippen molar-refractivity contribution < 1.29 is 9.90 Å². The van der Waals surface area contributed by atoms with Gasteiger partial charge < -0.3 is 16.2 Å². The van der Waals surface area contributed by atoms with E-state index in [1.807, 2.05) is 5.38 Å². The van der Waals surface area contributed by atoms with E-state index >= 15 is 0 Å². The fraction of sp³-hybridized carbons (Fsp3) is 0.600. The number of carboxylic acid groups (broad SMARTS) is 1. The van der Waals surface area contributed by atoms with Crippen molar-refractivity contribution in [2.75, 3.05) is 18.8 Å². The van der Waals surface area contributed by atoms with Crippen LogP contribution in [0, 0.1) is 0 Å². The Labute approximate surface area is 103 Å². The molecule has 0 aromatic carbocycles. The summed E-state index contributed by atoms with van der Waals surface area (Å²) >= 11 is 1.45. The van der Waals surface area contributed by atoms with Crippen molar-refractivity contribution in [3.63, 3.8) is 0 Å². The van der Waals surface area contributed by atoms with Gasteiger partial charge in [-0.05, 0) is 12.8 Å². The first-order valence-corrected chi connectivity index (χ1v) is 6.43. The average Bonchev–Trinajstić information content (AvgIpc) is 2.66. The van der Waals surface area contributed by atoms with Crippen LogP contribution in [0.25, 0.3) is 0 Å². The predicted molar refractivity (Wildman–Crippen MR) is 66.0 cm³/mol. The van der Waals surface area contributed by atoms with Crippen LogP contribution in [-0.2, 0) is 6.54 Å². The number of anilines is 1. The second-order valence-corrected chi connectivity index (χ2v) is 5.07. The molecule has 2 rings (SSSR count). The molecule has 1 aromatic heterocycles. The molecule has 1 fully saturated rings. The van der Waals surface area contributed by atoms with Crippen molar-refractivity contribution in [1.29, 1.82) is 0 Å². The number of hydrogen-bond donors (Lipinski definition) is 3. The number of aromatic nitrogens is 1. The van der Waals surface area contributed by atoms with Gasteiger partial charge in [0.2, 0.25) is 0 Å². The molecule has 2 heterocycles. The summed E-state index contributed by atoms with van der Waals surface area (Å²) in [6.07, 6.45) is 0.772. The van der Waals surface area contributed by atoms with Crippen molar-refractivity contribution in [2.45, 2.75) is 25.4 Å². The predicted octanol–water partition coefficient (Wildman–Crippen LogP) is 0.957. The minimum Gasteiger partial charge on any atom is -0.465 e. The molecule has 4 N–H and O–H groups in total. The first-order chi connectivity index (χ1) is 8.13. The Hall–Kier alpha value is -1.34. The van der Waals surface area contributed by atoms with Crippen LogP contribution in [0.4, 0.5) is 9.93 Å². The van der Waals surface area contributed by atoms with Crippen molar-refractivity contribution in [3.05, 3.63) is 11.1 Å². The number of likely N-dealkylation sites (tertiary alicyclic amines) is 1. The van der Waals surface area contributed by atoms with Gasteiger partial charge in [0.05, 0.1) is 5.69 Å². The van der Waals surface area contributed by atoms with Crippen molar-refractivity contribution in [1.82, 2.24) is 15.2 Å². The lowest BCUT2D eigenvalue weighted by atomic mass is 10.1. The summed E-state index contributed by atoms with van der Waals surface area (Å²) in [5.74, 6) is 0. The highest BCUT2D eigenvalue weighted by atomic mass is 32.1. The fourth-order valence-electron chi connectivity index (χ4n) is 2.03. The van der Waals surface area contributed by atoms with Gasteiger partial charge in [-0.1, -0.05) is 0 Å². The Morgan fingerprint density at radius 1 is 1.65 bits per heavy atom. The molecule has 0 atom stereocenters. The molecule has 1 aliphatic heterocycles. The Bertz CT molecular complexity index is 387. The Morgan fingerprint density at radius 3 is 2.88 bits per heavy atom. The van der Waals surface area contributed by atoms with Crippen molar-refractivity contribution in [3.8, 4) is 0 Å². The number of rotatable bonds is 3. The quantitative estimate of drug-likeness (QED) is 0.749. The van der Waals surface area contributed by atoms with Crippen molar-refractivity contribution >= 4 is 22.6 Å². The summed E-state index contributed by atoms with van der Waals surface area (Å²) in [5.41, 5.74) is 6.57. The molecule has 0 saturated carbocycles. The number of nitrogens with two attached hydrogens (primary N) is 1. The maximum absolute atomic E-state index is 10.5. The number of nitrogen functional groups attached to an aromatic ring is 1. The van der Waals surface area contributed by atoms with Crippen LogP contribution in [0.2, 0.25) is 0 Å². The van der Waals surface area contributed by atoms with Gasteiger partial charge in [-0.15, -0.1) is 11.3 Å². The summed E-state index contributed by atoms with van der Waals surface area (Å²) in [6.45, 7) is 2.58. The second-order valence-electron chi connectivity index (χ2n) is 4.18. The zero-order chi connectivity index (χ0) is 12.3. The minimum atomic E-state index is -0.935. The number of piperidine rings is 1. The van der Waals surface area contributed by atoms with Crippen LogP contribution in [0.15, 0.2) is 5.38 Å². The van der Waals surface area contributed by atoms with Crippen LogP contribution >= 0.6 is 11.3 Å². The maximum atomic E-state index is 10.5. The molecule has 0 aliphatic carbocycles. The minimum absolute atomic E-state index is 0.0873. The largest absolute Gasteiger partial charge is 0.465 e. The second kappa shape index (κ2) is 5.33. The lowest BCUT2D eigenvalue weighted by Gasteiger charge is -2.31. The van der Waals surface area contributed by atoms with E-state index in [2.05, 4.69) is 15.2 Å². The summed E-state index contributed by atoms with van der Waals surface area (Å²) in [6, 6.07) is 0.0873. The molecule has 0 unspecified atom stereocenters. The molecule has 94 valence electrons. The van der Waals surface area contributed by atoms with Gasteiger partial charge >= 0.3 is 6.09 Å². The van der Waals surface area contributed by atoms with E-state index in [-0.39, 0.29) is 6.04 Å². The van der Waals surface area contributed by atoms with Crippen LogP contribution in [0.3, 0.4) is 0 Å². The Balaban J connectivity index is 1.77. The summed E-state index contributed by atoms with van der Waals surface area (Å²) in [7, 11) is 0. The van der Waals surface area contributed by atoms with Gasteiger partial charge in [-0.2, -0.15) is 0 Å². The van der Waals surface area contributed by atoms with Crippen LogP contribution < -0.4 is 11.1 Å². The topological polar surface area (TPSA) is 91.5 Å². The number of hydrogen-bond acceptors (Lipinski definition) is 5. The normalized spacial score (nSPS) is 18.1. The molecule has 0 spiro atoms. The number of nitrogens with one attached hydrogen (secondary N) is 1. The van der Waals surface area contributed by atoms with Crippen LogP contribution in [-0.4, -0.2) is 40.2 Å². The maximum Gasteiger partial charge on any atom is 0.404 e. The summed E-state index contributed by atoms with van der Waals surface area (Å²) in [5, 5.41) is 13.7. The third kappa shape index (κ3) is 3.57. The highest BCUT2D eigenvalue weighted by Gasteiger charge is 2.20. The van der Waals surface area contributed by atoms with Crippen LogP contribution in [0.1, 0.15) is 18.5 Å². The van der Waals surface area contributed by atoms with E-state index in [1.54, 1.807) is 0 Å². The standard InChI is InChI=1S/C10H16N4O2S/c11-9-12-8(6-17-9)5-14-3-1-7(2-4-14)13-10(15)16/h6-7,13H,1-5H2,(H2,11,12)(H,15,16). The van der Waals surface area contributed by atoms with Gasteiger partial charge in [0.1, 0.15) is 0 Å². The summed E-state index contributed by atoms with van der Waals surface area (Å²) < 4.78 is 0. The zero-order valence-corrected chi connectivity index (χ0v) is 10.2. The van der Waals surface area contributed by atoms with E-state index in [4.69, 9.17) is 10.8 Å². The lowest BCUT2D eigenvalue weighted by Crippen LogP contribution is -2.43. The fourth-order valence-corrected chi connectivity index (χ4v) is 2.59. The number of carbonyl (C=O) groups is 1. The Morgan fingerprint density at radius 2 is 2.35 bits per heavy atom. The molecule has 1 aromatic rings. The lowest BCUT2D eigenvalue weighted by molar-refractivity contribution is 0.164. The highest BCUT2D eigenvalue weighted by Crippen LogP contribution is 2.16. The van der Waals surface area contributed by atoms with E-state index in [0.29, 0.717) is 5.13 Å². The van der Waals surface area contributed by atoms with Gasteiger partial charge in [0.25, 0.3) is 0 Å². The number of thiazole rings is 1. The smallest absolute Gasteiger partial charge is 0.404 e. The molecule has 17 heavy (non-hydrogen) atoms. The molecule has 1 aliphatic rings. The van der Waals surface area contributed by atoms with E-state index in [1.165, 1.54) is 11.3 Å². The first kappa shape index (κ1) is 12.1. The molecule has 7 heteroatoms. The van der Waals surface area contributed by atoms with E-state index < -0.39 is 6.09 Å². The summed E-state index contributed by atoms with van der Waals surface area (Å²) in [4.78, 5) is 17.0. The highest BCUT2D eigenvalue weighted by molar-refractivity contribution is 7.13.